The van der Waals surface area contributed by atoms with Gasteiger partial charge in [0.1, 0.15) is 6.29 Å². The van der Waals surface area contributed by atoms with E-state index in [-0.39, 0.29) is 17.8 Å². The van der Waals surface area contributed by atoms with E-state index in [0.717, 1.165) is 12.7 Å². The van der Waals surface area contributed by atoms with Crippen molar-refractivity contribution in [2.24, 2.45) is 17.8 Å². The van der Waals surface area contributed by atoms with E-state index < -0.39 is 0 Å². The fourth-order valence-corrected chi connectivity index (χ4v) is 1.67. The van der Waals surface area contributed by atoms with Crippen molar-refractivity contribution >= 4 is 12.3 Å². The van der Waals surface area contributed by atoms with Gasteiger partial charge in [0.25, 0.3) is 0 Å². The van der Waals surface area contributed by atoms with Crippen LogP contribution < -0.4 is 0 Å². The molecule has 0 saturated carbocycles. The van der Waals surface area contributed by atoms with E-state index in [0.29, 0.717) is 18.1 Å². The summed E-state index contributed by atoms with van der Waals surface area (Å²) in [6, 6.07) is 0. The van der Waals surface area contributed by atoms with Gasteiger partial charge in [-0.15, -0.1) is 0 Å². The van der Waals surface area contributed by atoms with Crippen molar-refractivity contribution in [3.8, 4) is 0 Å². The Hall–Kier alpha value is -1.38. The minimum Gasteiger partial charge on any atom is -0.465 e. The molecule has 0 amide bonds. The van der Waals surface area contributed by atoms with Crippen molar-refractivity contribution in [3.05, 3.63) is 23.8 Å². The van der Waals surface area contributed by atoms with E-state index >= 15 is 0 Å². The molecule has 2 unspecified atom stereocenters. The van der Waals surface area contributed by atoms with E-state index in [4.69, 9.17) is 4.74 Å². The van der Waals surface area contributed by atoms with Crippen LogP contribution in [0.15, 0.2) is 23.8 Å². The molecule has 0 bridgehead atoms. The fourth-order valence-electron chi connectivity index (χ4n) is 1.67. The van der Waals surface area contributed by atoms with Crippen LogP contribution in [0.2, 0.25) is 0 Å². The minimum absolute atomic E-state index is 0.137. The highest BCUT2D eigenvalue weighted by Crippen LogP contribution is 2.24. The second-order valence-electron chi connectivity index (χ2n) is 4.89. The number of rotatable bonds is 5. The zero-order valence-electron chi connectivity index (χ0n) is 10.7. The van der Waals surface area contributed by atoms with E-state index in [1.54, 1.807) is 6.08 Å². The summed E-state index contributed by atoms with van der Waals surface area (Å²) in [6.07, 6.45) is 7.11. The molecule has 1 aliphatic rings. The summed E-state index contributed by atoms with van der Waals surface area (Å²) >= 11 is 0. The Morgan fingerprint density at radius 2 is 2.24 bits per heavy atom. The normalized spacial score (nSPS) is 20.9. The summed E-state index contributed by atoms with van der Waals surface area (Å²) in [5.74, 6) is 0.179. The standard InChI is InChI=1S/C14H20O3/c1-10(2)9-17-14(16)11(3)13-6-4-12(8-15)5-7-13/h4-6,8,10-11,13H,7,9H2,1-3H3. The number of carbonyl (C=O) groups is 2. The predicted molar refractivity (Wildman–Crippen MR) is 66.4 cm³/mol. The molecule has 94 valence electrons. The molecule has 1 rings (SSSR count). The van der Waals surface area contributed by atoms with Gasteiger partial charge in [0.15, 0.2) is 0 Å². The van der Waals surface area contributed by atoms with Crippen LogP contribution in [0.5, 0.6) is 0 Å². The molecular formula is C14H20O3. The van der Waals surface area contributed by atoms with Gasteiger partial charge in [0.2, 0.25) is 0 Å². The summed E-state index contributed by atoms with van der Waals surface area (Å²) in [7, 11) is 0. The van der Waals surface area contributed by atoms with Gasteiger partial charge in [-0.2, -0.15) is 0 Å². The second-order valence-corrected chi connectivity index (χ2v) is 4.89. The minimum atomic E-state index is -0.158. The summed E-state index contributed by atoms with van der Waals surface area (Å²) in [5, 5.41) is 0. The topological polar surface area (TPSA) is 43.4 Å². The van der Waals surface area contributed by atoms with Crippen LogP contribution in [0, 0.1) is 17.8 Å². The molecule has 3 nitrogen and oxygen atoms in total. The van der Waals surface area contributed by atoms with Crippen molar-refractivity contribution in [1.82, 2.24) is 0 Å². The van der Waals surface area contributed by atoms with Gasteiger partial charge in [-0.25, -0.2) is 0 Å². The molecule has 0 fully saturated rings. The van der Waals surface area contributed by atoms with Gasteiger partial charge in [-0.1, -0.05) is 39.0 Å². The Labute approximate surface area is 103 Å². The monoisotopic (exact) mass is 236 g/mol. The molecule has 0 radical (unpaired) electrons. The SMILES string of the molecule is CC(C)COC(=O)C(C)C1C=CC(C=O)=CC1. The third-order valence-electron chi connectivity index (χ3n) is 2.87. The number of carbonyl (C=O) groups excluding carboxylic acids is 2. The Morgan fingerprint density at radius 3 is 2.71 bits per heavy atom. The van der Waals surface area contributed by atoms with Crippen LogP contribution in [-0.4, -0.2) is 18.9 Å². The maximum atomic E-state index is 11.8. The van der Waals surface area contributed by atoms with Gasteiger partial charge in [-0.3, -0.25) is 9.59 Å². The highest BCUT2D eigenvalue weighted by Gasteiger charge is 2.24. The smallest absolute Gasteiger partial charge is 0.309 e. The number of allylic oxidation sites excluding steroid dienone is 4. The molecule has 0 aliphatic heterocycles. The second kappa shape index (κ2) is 6.38. The number of esters is 1. The molecule has 0 aromatic heterocycles. The Balaban J connectivity index is 2.46. The van der Waals surface area contributed by atoms with Crippen molar-refractivity contribution < 1.29 is 14.3 Å². The molecule has 0 spiro atoms. The first-order valence-electron chi connectivity index (χ1n) is 6.04. The Bertz CT molecular complexity index is 339. The third kappa shape index (κ3) is 4.17. The Kier molecular flexibility index (Phi) is 5.13. The molecule has 0 heterocycles. The average Bonchev–Trinajstić information content (AvgIpc) is 2.35. The highest BCUT2D eigenvalue weighted by molar-refractivity contribution is 5.78. The maximum absolute atomic E-state index is 11.8. The molecule has 0 aromatic carbocycles. The highest BCUT2D eigenvalue weighted by atomic mass is 16.5. The molecule has 3 heteroatoms. The first-order chi connectivity index (χ1) is 8.04. The number of ether oxygens (including phenoxy) is 1. The lowest BCUT2D eigenvalue weighted by atomic mass is 9.86. The zero-order chi connectivity index (χ0) is 12.8. The zero-order valence-corrected chi connectivity index (χ0v) is 10.7. The van der Waals surface area contributed by atoms with Crippen molar-refractivity contribution in [1.29, 1.82) is 0 Å². The first-order valence-corrected chi connectivity index (χ1v) is 6.04. The van der Waals surface area contributed by atoms with Gasteiger partial charge >= 0.3 is 5.97 Å². The van der Waals surface area contributed by atoms with Crippen molar-refractivity contribution in [3.63, 3.8) is 0 Å². The van der Waals surface area contributed by atoms with Crippen LogP contribution in [0.4, 0.5) is 0 Å². The molecule has 1 aliphatic carbocycles. The van der Waals surface area contributed by atoms with Crippen LogP contribution in [0.1, 0.15) is 27.2 Å². The summed E-state index contributed by atoms with van der Waals surface area (Å²) in [6.45, 7) is 6.36. The van der Waals surface area contributed by atoms with Crippen LogP contribution in [0.25, 0.3) is 0 Å². The van der Waals surface area contributed by atoms with E-state index in [1.807, 2.05) is 32.9 Å². The number of aldehydes is 1. The summed E-state index contributed by atoms with van der Waals surface area (Å²) < 4.78 is 5.21. The summed E-state index contributed by atoms with van der Waals surface area (Å²) in [4.78, 5) is 22.3. The van der Waals surface area contributed by atoms with Gasteiger partial charge in [0, 0.05) is 5.57 Å². The van der Waals surface area contributed by atoms with Crippen LogP contribution in [0.3, 0.4) is 0 Å². The van der Waals surface area contributed by atoms with Gasteiger partial charge < -0.3 is 4.74 Å². The van der Waals surface area contributed by atoms with Gasteiger partial charge in [0.05, 0.1) is 12.5 Å². The lowest BCUT2D eigenvalue weighted by Gasteiger charge is -2.21. The molecule has 0 aromatic rings. The van der Waals surface area contributed by atoms with Crippen LogP contribution in [-0.2, 0) is 14.3 Å². The van der Waals surface area contributed by atoms with Gasteiger partial charge in [-0.05, 0) is 18.3 Å². The average molecular weight is 236 g/mol. The molecular weight excluding hydrogens is 216 g/mol. The van der Waals surface area contributed by atoms with Crippen molar-refractivity contribution in [2.45, 2.75) is 27.2 Å². The number of hydrogen-bond donors (Lipinski definition) is 0. The van der Waals surface area contributed by atoms with Crippen molar-refractivity contribution in [2.75, 3.05) is 6.61 Å². The largest absolute Gasteiger partial charge is 0.465 e. The fraction of sp³-hybridized carbons (Fsp3) is 0.571. The first kappa shape index (κ1) is 13.7. The molecule has 0 N–H and O–H groups in total. The molecule has 2 atom stereocenters. The maximum Gasteiger partial charge on any atom is 0.309 e. The Morgan fingerprint density at radius 1 is 1.53 bits per heavy atom. The van der Waals surface area contributed by atoms with E-state index in [1.165, 1.54) is 0 Å². The molecule has 0 saturated heterocycles. The quantitative estimate of drug-likeness (QED) is 0.544. The lowest BCUT2D eigenvalue weighted by Crippen LogP contribution is -2.24. The predicted octanol–water partition coefficient (Wildman–Crippen LogP) is 2.52. The number of hydrogen-bond acceptors (Lipinski definition) is 3. The van der Waals surface area contributed by atoms with Crippen LogP contribution >= 0.6 is 0 Å². The summed E-state index contributed by atoms with van der Waals surface area (Å²) in [5.41, 5.74) is 0.684. The van der Waals surface area contributed by atoms with E-state index in [2.05, 4.69) is 0 Å². The third-order valence-corrected chi connectivity index (χ3v) is 2.87. The molecule has 17 heavy (non-hydrogen) atoms. The van der Waals surface area contributed by atoms with E-state index in [9.17, 15) is 9.59 Å². The lowest BCUT2D eigenvalue weighted by molar-refractivity contribution is -0.150.